The van der Waals surface area contributed by atoms with E-state index in [1.54, 1.807) is 0 Å². The van der Waals surface area contributed by atoms with Gasteiger partial charge in [-0.05, 0) is 50.2 Å². The second-order valence-electron chi connectivity index (χ2n) is 5.48. The molecule has 25 heavy (non-hydrogen) atoms. The predicted octanol–water partition coefficient (Wildman–Crippen LogP) is 4.34. The van der Waals surface area contributed by atoms with Crippen molar-refractivity contribution in [3.05, 3.63) is 72.2 Å². The molecule has 5 nitrogen and oxygen atoms in total. The minimum atomic E-state index is 0.415. The van der Waals surface area contributed by atoms with E-state index in [9.17, 15) is 0 Å². The lowest BCUT2D eigenvalue weighted by atomic mass is 10.3. The van der Waals surface area contributed by atoms with Crippen molar-refractivity contribution in [3.63, 3.8) is 0 Å². The van der Waals surface area contributed by atoms with Crippen LogP contribution in [0.3, 0.4) is 0 Å². The maximum atomic E-state index is 5.74. The molecule has 0 saturated heterocycles. The first-order chi connectivity index (χ1) is 12.2. The van der Waals surface area contributed by atoms with Crippen LogP contribution in [-0.4, -0.2) is 23.2 Å². The van der Waals surface area contributed by atoms with Crippen LogP contribution in [-0.2, 0) is 0 Å². The molecule has 0 saturated carbocycles. The highest BCUT2D eigenvalue weighted by molar-refractivity contribution is 5.35. The van der Waals surface area contributed by atoms with E-state index in [1.807, 2.05) is 74.5 Å². The summed E-state index contributed by atoms with van der Waals surface area (Å²) in [4.78, 5) is 8.44. The lowest BCUT2D eigenvalue weighted by Gasteiger charge is -2.09. The summed E-state index contributed by atoms with van der Waals surface area (Å²) < 4.78 is 17.0. The zero-order valence-corrected chi connectivity index (χ0v) is 14.3. The number of aryl methyl sites for hydroxylation is 2. The minimum Gasteiger partial charge on any atom is -0.490 e. The van der Waals surface area contributed by atoms with Gasteiger partial charge in [0.05, 0.1) is 0 Å². The van der Waals surface area contributed by atoms with E-state index in [4.69, 9.17) is 14.2 Å². The SMILES string of the molecule is Cc1cc(OCCOc2ccc(Oc3ccccc3)cc2)nc(C)n1. The van der Waals surface area contributed by atoms with Gasteiger partial charge in [0.25, 0.3) is 0 Å². The Balaban J connectivity index is 1.45. The molecular formula is C20H20N2O3. The molecule has 0 N–H and O–H groups in total. The van der Waals surface area contributed by atoms with Crippen molar-refractivity contribution >= 4 is 0 Å². The Bertz CT molecular complexity index is 785. The van der Waals surface area contributed by atoms with Gasteiger partial charge in [-0.25, -0.2) is 4.98 Å². The molecule has 1 aromatic heterocycles. The molecule has 0 atom stereocenters. The summed E-state index contributed by atoms with van der Waals surface area (Å²) in [6.07, 6.45) is 0. The van der Waals surface area contributed by atoms with Crippen molar-refractivity contribution in [1.82, 2.24) is 9.97 Å². The molecule has 0 aliphatic heterocycles. The second kappa shape index (κ2) is 8.15. The summed E-state index contributed by atoms with van der Waals surface area (Å²) in [5.41, 5.74) is 0.887. The zero-order valence-electron chi connectivity index (χ0n) is 14.3. The van der Waals surface area contributed by atoms with Crippen molar-refractivity contribution in [3.8, 4) is 23.1 Å². The van der Waals surface area contributed by atoms with Crippen molar-refractivity contribution in [2.45, 2.75) is 13.8 Å². The van der Waals surface area contributed by atoms with Gasteiger partial charge in [0.15, 0.2) is 0 Å². The molecule has 0 aliphatic carbocycles. The van der Waals surface area contributed by atoms with Gasteiger partial charge in [-0.2, -0.15) is 4.98 Å². The summed E-state index contributed by atoms with van der Waals surface area (Å²) >= 11 is 0. The van der Waals surface area contributed by atoms with E-state index < -0.39 is 0 Å². The van der Waals surface area contributed by atoms with Gasteiger partial charge in [-0.15, -0.1) is 0 Å². The topological polar surface area (TPSA) is 53.5 Å². The van der Waals surface area contributed by atoms with Crippen LogP contribution in [0.1, 0.15) is 11.5 Å². The third kappa shape index (κ3) is 5.21. The van der Waals surface area contributed by atoms with E-state index in [1.165, 1.54) is 0 Å². The van der Waals surface area contributed by atoms with Gasteiger partial charge in [0, 0.05) is 11.8 Å². The zero-order chi connectivity index (χ0) is 17.5. The van der Waals surface area contributed by atoms with E-state index >= 15 is 0 Å². The first kappa shape index (κ1) is 16.8. The number of benzene rings is 2. The Hall–Kier alpha value is -3.08. The molecule has 2 aromatic carbocycles. The summed E-state index contributed by atoms with van der Waals surface area (Å²) in [7, 11) is 0. The molecule has 0 fully saturated rings. The van der Waals surface area contributed by atoms with Gasteiger partial charge in [0.2, 0.25) is 5.88 Å². The van der Waals surface area contributed by atoms with Crippen molar-refractivity contribution in [2.75, 3.05) is 13.2 Å². The summed E-state index contributed by atoms with van der Waals surface area (Å²) in [5.74, 6) is 3.60. The lowest BCUT2D eigenvalue weighted by molar-refractivity contribution is 0.211. The average Bonchev–Trinajstić information content (AvgIpc) is 2.60. The largest absolute Gasteiger partial charge is 0.490 e. The molecule has 0 aliphatic rings. The van der Waals surface area contributed by atoms with E-state index in [0.717, 1.165) is 22.9 Å². The Kier molecular flexibility index (Phi) is 5.46. The maximum absolute atomic E-state index is 5.74. The highest BCUT2D eigenvalue weighted by Crippen LogP contribution is 2.23. The number of aromatic nitrogens is 2. The first-order valence-corrected chi connectivity index (χ1v) is 8.10. The fraction of sp³-hybridized carbons (Fsp3) is 0.200. The molecule has 3 rings (SSSR count). The first-order valence-electron chi connectivity index (χ1n) is 8.10. The molecule has 5 heteroatoms. The number of hydrogen-bond acceptors (Lipinski definition) is 5. The minimum absolute atomic E-state index is 0.415. The third-order valence-corrected chi connectivity index (χ3v) is 3.35. The fourth-order valence-corrected chi connectivity index (χ4v) is 2.29. The molecule has 3 aromatic rings. The highest BCUT2D eigenvalue weighted by Gasteiger charge is 2.01. The van der Waals surface area contributed by atoms with Gasteiger partial charge >= 0.3 is 0 Å². The maximum Gasteiger partial charge on any atom is 0.216 e. The van der Waals surface area contributed by atoms with E-state index in [0.29, 0.717) is 24.9 Å². The molecule has 0 amide bonds. The fourth-order valence-electron chi connectivity index (χ4n) is 2.29. The monoisotopic (exact) mass is 336 g/mol. The highest BCUT2D eigenvalue weighted by atomic mass is 16.5. The molecule has 0 bridgehead atoms. The number of rotatable bonds is 7. The molecule has 0 unspecified atom stereocenters. The Morgan fingerprint density at radius 2 is 1.36 bits per heavy atom. The third-order valence-electron chi connectivity index (χ3n) is 3.35. The molecule has 1 heterocycles. The summed E-state index contributed by atoms with van der Waals surface area (Å²) in [5, 5.41) is 0. The number of para-hydroxylation sites is 1. The molecule has 0 spiro atoms. The molecule has 0 radical (unpaired) electrons. The van der Waals surface area contributed by atoms with Crippen LogP contribution in [0.15, 0.2) is 60.7 Å². The van der Waals surface area contributed by atoms with Gasteiger partial charge in [-0.1, -0.05) is 18.2 Å². The van der Waals surface area contributed by atoms with Crippen LogP contribution in [0.5, 0.6) is 23.1 Å². The number of hydrogen-bond donors (Lipinski definition) is 0. The van der Waals surface area contributed by atoms with Gasteiger partial charge in [-0.3, -0.25) is 0 Å². The quantitative estimate of drug-likeness (QED) is 0.601. The van der Waals surface area contributed by atoms with Crippen LogP contribution < -0.4 is 14.2 Å². The summed E-state index contributed by atoms with van der Waals surface area (Å²) in [6.45, 7) is 4.60. The van der Waals surface area contributed by atoms with Crippen LogP contribution in [0.4, 0.5) is 0 Å². The van der Waals surface area contributed by atoms with Crippen molar-refractivity contribution in [2.24, 2.45) is 0 Å². The van der Waals surface area contributed by atoms with E-state index in [-0.39, 0.29) is 0 Å². The molecular weight excluding hydrogens is 316 g/mol. The summed E-state index contributed by atoms with van der Waals surface area (Å²) in [6, 6.07) is 19.0. The van der Waals surface area contributed by atoms with Gasteiger partial charge in [0.1, 0.15) is 36.3 Å². The predicted molar refractivity (Wildman–Crippen MR) is 95.5 cm³/mol. The van der Waals surface area contributed by atoms with Crippen molar-refractivity contribution in [1.29, 1.82) is 0 Å². The number of ether oxygens (including phenoxy) is 3. The van der Waals surface area contributed by atoms with Crippen LogP contribution >= 0.6 is 0 Å². The smallest absolute Gasteiger partial charge is 0.216 e. The van der Waals surface area contributed by atoms with Gasteiger partial charge < -0.3 is 14.2 Å². The Morgan fingerprint density at radius 1 is 0.720 bits per heavy atom. The molecule has 128 valence electrons. The average molecular weight is 336 g/mol. The van der Waals surface area contributed by atoms with E-state index in [2.05, 4.69) is 9.97 Å². The lowest BCUT2D eigenvalue weighted by Crippen LogP contribution is -2.10. The Morgan fingerprint density at radius 3 is 2.08 bits per heavy atom. The van der Waals surface area contributed by atoms with Crippen molar-refractivity contribution < 1.29 is 14.2 Å². The normalized spacial score (nSPS) is 10.3. The van der Waals surface area contributed by atoms with Crippen LogP contribution in [0, 0.1) is 13.8 Å². The van der Waals surface area contributed by atoms with Crippen LogP contribution in [0.25, 0.3) is 0 Å². The Labute approximate surface area is 147 Å². The van der Waals surface area contributed by atoms with Crippen LogP contribution in [0.2, 0.25) is 0 Å². The number of nitrogens with zero attached hydrogens (tertiary/aromatic N) is 2. The standard InChI is InChI=1S/C20H20N2O3/c1-15-14-20(22-16(2)21-15)24-13-12-23-17-8-10-19(11-9-17)25-18-6-4-3-5-7-18/h3-11,14H,12-13H2,1-2H3. The second-order valence-corrected chi connectivity index (χ2v) is 5.48.